The highest BCUT2D eigenvalue weighted by atomic mass is 32.1. The number of amides is 8. The summed E-state index contributed by atoms with van der Waals surface area (Å²) in [5.74, 6) is -7.47. The Hall–Kier alpha value is -6.29. The van der Waals surface area contributed by atoms with Gasteiger partial charge in [-0.25, -0.2) is 0 Å². The van der Waals surface area contributed by atoms with Gasteiger partial charge in [-0.1, -0.05) is 34.6 Å². The first kappa shape index (κ1) is 103. The molecule has 0 aromatic carbocycles. The van der Waals surface area contributed by atoms with Crippen LogP contribution in [0.5, 0.6) is 0 Å². The van der Waals surface area contributed by atoms with Gasteiger partial charge in [-0.3, -0.25) is 52.7 Å². The monoisotopic (exact) mass is 1330 g/mol. The molecule has 0 heterocycles. The van der Waals surface area contributed by atoms with Gasteiger partial charge in [0.2, 0.25) is 47.3 Å². The highest BCUT2D eigenvalue weighted by Gasteiger charge is 2.25. The molecule has 35 nitrogen and oxygen atoms in total. The van der Waals surface area contributed by atoms with E-state index in [9.17, 15) is 68.1 Å². The summed E-state index contributed by atoms with van der Waals surface area (Å²) in [7, 11) is 3.80. The van der Waals surface area contributed by atoms with Crippen LogP contribution >= 0.6 is 12.6 Å². The van der Waals surface area contributed by atoms with E-state index in [1.54, 1.807) is 20.9 Å². The third-order valence-corrected chi connectivity index (χ3v) is 10.1. The molecular formula is C54H111N9O26S. The zero-order valence-corrected chi connectivity index (χ0v) is 54.7. The highest BCUT2D eigenvalue weighted by molar-refractivity contribution is 7.80. The first-order valence-electron chi connectivity index (χ1n) is 28.7. The van der Waals surface area contributed by atoms with Gasteiger partial charge in [0.05, 0.1) is 70.0 Å². The van der Waals surface area contributed by atoms with Gasteiger partial charge in [-0.15, -0.1) is 0 Å². The minimum Gasteiger partial charge on any atom is -0.481 e. The third kappa shape index (κ3) is 85.9. The number of carboxylic acid groups (broad SMARTS) is 3. The molecule has 534 valence electrons. The normalized spacial score (nSPS) is 12.2. The number of aliphatic hydroxyl groups is 11. The Balaban J connectivity index is -0.000000145. The molecule has 0 fully saturated rings. The van der Waals surface area contributed by atoms with Crippen molar-refractivity contribution in [1.82, 2.24) is 47.9 Å². The Morgan fingerprint density at radius 2 is 0.878 bits per heavy atom. The predicted molar refractivity (Wildman–Crippen MR) is 332 cm³/mol. The lowest BCUT2D eigenvalue weighted by atomic mass is 10.1. The predicted octanol–water partition coefficient (Wildman–Crippen LogP) is -6.26. The van der Waals surface area contributed by atoms with Crippen molar-refractivity contribution >= 4 is 84.1 Å². The Bertz CT molecular complexity index is 1830. The molecule has 8 atom stereocenters. The zero-order chi connectivity index (χ0) is 72.0. The van der Waals surface area contributed by atoms with E-state index < -0.39 is 141 Å². The third-order valence-electron chi connectivity index (χ3n) is 9.88. The molecule has 23 N–H and O–H groups in total. The van der Waals surface area contributed by atoms with Crippen LogP contribution in [0.15, 0.2) is 0 Å². The Morgan fingerprint density at radius 3 is 1.24 bits per heavy atom. The largest absolute Gasteiger partial charge is 0.481 e. The van der Waals surface area contributed by atoms with Gasteiger partial charge in [0.1, 0.15) is 24.5 Å². The van der Waals surface area contributed by atoms with Crippen LogP contribution in [0.1, 0.15) is 132 Å². The van der Waals surface area contributed by atoms with E-state index in [2.05, 4.69) is 60.5 Å². The number of thiol groups is 1. The molecule has 0 radical (unpaired) electrons. The van der Waals surface area contributed by atoms with Crippen molar-refractivity contribution in [3.05, 3.63) is 0 Å². The van der Waals surface area contributed by atoms with E-state index in [1.165, 1.54) is 6.92 Å². The number of carbonyl (C=O) groups excluding carboxylic acids is 9. The van der Waals surface area contributed by atoms with Crippen LogP contribution in [0.3, 0.4) is 0 Å². The fourth-order valence-corrected chi connectivity index (χ4v) is 5.45. The fraction of sp³-hybridized carbons (Fsp3) is 0.778. The van der Waals surface area contributed by atoms with Crippen molar-refractivity contribution in [3.8, 4) is 0 Å². The van der Waals surface area contributed by atoms with Crippen LogP contribution in [-0.4, -0.2) is 284 Å². The first-order valence-corrected chi connectivity index (χ1v) is 29.4. The van der Waals surface area contributed by atoms with Crippen molar-refractivity contribution in [2.45, 2.75) is 181 Å². The zero-order valence-electron chi connectivity index (χ0n) is 53.8. The molecule has 0 saturated heterocycles. The fourth-order valence-electron chi connectivity index (χ4n) is 5.34. The number of hydrogen-bond donors (Lipinski definition) is 24. The quantitative estimate of drug-likeness (QED) is 0.0155. The van der Waals surface area contributed by atoms with Crippen molar-refractivity contribution in [2.75, 3.05) is 92.7 Å². The number of hydrogen-bond acceptors (Lipinski definition) is 25. The minimum absolute atomic E-state index is 0.0257. The minimum atomic E-state index is -1.34. The van der Waals surface area contributed by atoms with Gasteiger partial charge in [0, 0.05) is 92.0 Å². The molecule has 36 heteroatoms. The molecule has 0 aliphatic carbocycles. The summed E-state index contributed by atoms with van der Waals surface area (Å²) in [6.07, 6.45) is -1.48. The lowest BCUT2D eigenvalue weighted by Gasteiger charge is -2.20. The topological polar surface area (TPSA) is 596 Å². The first-order chi connectivity index (χ1) is 42.4. The summed E-state index contributed by atoms with van der Waals surface area (Å²) >= 11 is 3.92. The second kappa shape index (κ2) is 77.0. The van der Waals surface area contributed by atoms with Gasteiger partial charge >= 0.3 is 11.9 Å². The van der Waals surface area contributed by atoms with Crippen molar-refractivity contribution in [3.63, 3.8) is 0 Å². The summed E-state index contributed by atoms with van der Waals surface area (Å²) in [6.45, 7) is 10.6. The van der Waals surface area contributed by atoms with Crippen LogP contribution in [0.4, 0.5) is 0 Å². The van der Waals surface area contributed by atoms with Gasteiger partial charge in [-0.05, 0) is 58.5 Å². The molecule has 0 aromatic rings. The van der Waals surface area contributed by atoms with E-state index in [-0.39, 0.29) is 57.4 Å². The molecule has 0 spiro atoms. The van der Waals surface area contributed by atoms with E-state index >= 15 is 0 Å². The second-order valence-electron chi connectivity index (χ2n) is 17.6. The van der Waals surface area contributed by atoms with Gasteiger partial charge in [0.15, 0.2) is 0 Å². The average Bonchev–Trinajstić information content (AvgIpc) is 3.66. The van der Waals surface area contributed by atoms with Crippen molar-refractivity contribution in [2.24, 2.45) is 0 Å². The lowest BCUT2D eigenvalue weighted by molar-refractivity contribution is -0.138. The van der Waals surface area contributed by atoms with Crippen LogP contribution < -0.4 is 47.9 Å². The van der Waals surface area contributed by atoms with Gasteiger partial charge in [-0.2, -0.15) is 12.6 Å². The number of carboxylic acids is 3. The van der Waals surface area contributed by atoms with E-state index in [1.807, 2.05) is 20.8 Å². The molecule has 0 rings (SSSR count). The van der Waals surface area contributed by atoms with Crippen LogP contribution in [0.2, 0.25) is 0 Å². The summed E-state index contributed by atoms with van der Waals surface area (Å²) in [5, 5.41) is 141. The second-order valence-corrected chi connectivity index (χ2v) is 18.1. The lowest BCUT2D eigenvalue weighted by Crippen LogP contribution is -2.53. The molecule has 8 amide bonds. The van der Waals surface area contributed by atoms with Crippen LogP contribution in [0.25, 0.3) is 0 Å². The molecule has 0 aromatic heterocycles. The average molecular weight is 1330 g/mol. The molecule has 0 saturated carbocycles. The summed E-state index contributed by atoms with van der Waals surface area (Å²) in [5.41, 5.74) is 0. The molecule has 0 aliphatic heterocycles. The van der Waals surface area contributed by atoms with Crippen LogP contribution in [0, 0.1) is 0 Å². The standard InChI is InChI=1S/C20H32N6O10S.2C9H19NO4.C7H17NO3.C3H6O.C2H4O2.C2H6.2CH4O/c1-11(27)22-9-15(29)25-13(3-5-18(33)34)20(36)24-10-16(30)26-12(2-4-17(31)32)19(35)23-8-14(28)21-6-7-37;1-2-9(14)10-5-7(12)3-4-8(13)6-11;1-2-9(14)10-5-3-4-7(12)8(13)6-11;1-8-3-2-6(10)4-7(11)5-9;1-2-3-4;1-2(3)4;3*1-2/h12-13,37H,2-10H2,1H3,(H,21,28)(H,22,27)(H,23,35)(H,24,36)(H,25,29)(H,26,30)(H,31,32)(H,33,34);2*7-8,11-13H,2-6H2,1H3,(H,10,14);6-11H,2-5H2,1H3;3H,2H2,1H3;1H3,(H,3,4);1-2H3;2*2H,1H3/t12-,13-;2*7-,8+;6-,7+;;;;;/m0101...../s1. The number of carbonyl (C=O) groups is 12. The molecule has 0 bridgehead atoms. The smallest absolute Gasteiger partial charge is 0.303 e. The van der Waals surface area contributed by atoms with Crippen molar-refractivity contribution < 1.29 is 129 Å². The molecule has 90 heavy (non-hydrogen) atoms. The molecular weight excluding hydrogens is 1220 g/mol. The number of rotatable bonds is 39. The summed E-state index contributed by atoms with van der Waals surface area (Å²) in [4.78, 5) is 133. The molecule has 0 unspecified atom stereocenters. The van der Waals surface area contributed by atoms with Crippen molar-refractivity contribution in [1.29, 1.82) is 0 Å². The highest BCUT2D eigenvalue weighted by Crippen LogP contribution is 2.04. The number of nitrogens with one attached hydrogen (secondary N) is 9. The van der Waals surface area contributed by atoms with E-state index in [0.717, 1.165) is 34.0 Å². The van der Waals surface area contributed by atoms with Crippen LogP contribution in [-0.2, 0) is 57.5 Å². The number of aliphatic hydroxyl groups excluding tert-OH is 11. The Morgan fingerprint density at radius 1 is 0.478 bits per heavy atom. The Kier molecular flexibility index (Phi) is 87.7. The summed E-state index contributed by atoms with van der Waals surface area (Å²) < 4.78 is 0. The van der Waals surface area contributed by atoms with Gasteiger partial charge in [0.25, 0.3) is 5.97 Å². The maximum Gasteiger partial charge on any atom is 0.303 e. The van der Waals surface area contributed by atoms with E-state index in [0.29, 0.717) is 63.7 Å². The number of aliphatic carboxylic acids is 3. The maximum atomic E-state index is 12.4. The Labute approximate surface area is 532 Å². The number of aldehydes is 1. The van der Waals surface area contributed by atoms with Gasteiger partial charge < -0.3 is 124 Å². The summed E-state index contributed by atoms with van der Waals surface area (Å²) in [6, 6.07) is -2.68. The SMILES string of the molecule is CC.CC(=O)NCC(=O)N[C@@H](CCC(=O)O)C(=O)NCC(=O)N[C@@H](CCC(=O)O)C(=O)NCC(=O)NCCS.CC(=O)O.CCC(=O)NCCC[C@H](O)[C@H](O)CO.CCC(=O)NC[C@H](O)CC[C@H](O)CO.CCC=O.CNCC[C@@H](O)C[C@H](O)CO.CO.CO. The van der Waals surface area contributed by atoms with E-state index in [4.69, 9.17) is 61.0 Å². The maximum absolute atomic E-state index is 12.4. The molecule has 0 aliphatic rings.